The minimum absolute atomic E-state index is 0.0148. The summed E-state index contributed by atoms with van der Waals surface area (Å²) in [5.74, 6) is 0.147. The van der Waals surface area contributed by atoms with Gasteiger partial charge in [0.2, 0.25) is 5.91 Å². The molecular formula is C26H25ClN2O3. The maximum absolute atomic E-state index is 13.4. The van der Waals surface area contributed by atoms with Gasteiger partial charge in [0.1, 0.15) is 5.75 Å². The zero-order chi connectivity index (χ0) is 22.6. The molecular weight excluding hydrogens is 424 g/mol. The standard InChI is InChI=1S/C26H25ClN2O3/c1-32-23-17-21(12-13-22(23)29-24(30)18-8-7-11-20(27)16-18)28-25(31)26(14-5-6-15-26)19-9-3-2-4-10-19/h2-4,7-13,16-17H,5-6,14-15H2,1H3,(H,28,31)(H,29,30). The predicted octanol–water partition coefficient (Wildman–Crippen LogP) is 6.05. The number of hydrogen-bond donors (Lipinski definition) is 2. The van der Waals surface area contributed by atoms with E-state index in [1.165, 1.54) is 7.11 Å². The van der Waals surface area contributed by atoms with Crippen LogP contribution in [0.3, 0.4) is 0 Å². The second kappa shape index (κ2) is 9.45. The van der Waals surface area contributed by atoms with Crippen LogP contribution in [0.4, 0.5) is 11.4 Å². The van der Waals surface area contributed by atoms with Crippen LogP contribution in [0.15, 0.2) is 72.8 Å². The van der Waals surface area contributed by atoms with E-state index >= 15 is 0 Å². The van der Waals surface area contributed by atoms with E-state index in [9.17, 15) is 9.59 Å². The fourth-order valence-corrected chi connectivity index (χ4v) is 4.52. The Hall–Kier alpha value is -3.31. The van der Waals surface area contributed by atoms with Crippen LogP contribution in [-0.4, -0.2) is 18.9 Å². The van der Waals surface area contributed by atoms with E-state index in [4.69, 9.17) is 16.3 Å². The molecule has 1 fully saturated rings. The molecule has 4 rings (SSSR count). The number of anilines is 2. The van der Waals surface area contributed by atoms with Crippen LogP contribution in [0.2, 0.25) is 5.02 Å². The fourth-order valence-electron chi connectivity index (χ4n) is 4.33. The summed E-state index contributed by atoms with van der Waals surface area (Å²) in [4.78, 5) is 26.0. The largest absolute Gasteiger partial charge is 0.494 e. The van der Waals surface area contributed by atoms with E-state index in [0.717, 1.165) is 31.2 Å². The van der Waals surface area contributed by atoms with Gasteiger partial charge in [-0.3, -0.25) is 9.59 Å². The van der Waals surface area contributed by atoms with Crippen molar-refractivity contribution in [3.63, 3.8) is 0 Å². The molecule has 0 aliphatic heterocycles. The highest BCUT2D eigenvalue weighted by atomic mass is 35.5. The van der Waals surface area contributed by atoms with Gasteiger partial charge >= 0.3 is 0 Å². The van der Waals surface area contributed by atoms with Crippen LogP contribution in [0.25, 0.3) is 0 Å². The van der Waals surface area contributed by atoms with Crippen LogP contribution < -0.4 is 15.4 Å². The van der Waals surface area contributed by atoms with Crippen molar-refractivity contribution >= 4 is 34.8 Å². The molecule has 1 aliphatic carbocycles. The van der Waals surface area contributed by atoms with Crippen molar-refractivity contribution in [1.82, 2.24) is 0 Å². The molecule has 0 heterocycles. The van der Waals surface area contributed by atoms with Gasteiger partial charge in [0, 0.05) is 22.3 Å². The normalized spacial score (nSPS) is 14.6. The molecule has 0 atom stereocenters. The maximum Gasteiger partial charge on any atom is 0.255 e. The summed E-state index contributed by atoms with van der Waals surface area (Å²) in [5.41, 5.74) is 2.10. The minimum Gasteiger partial charge on any atom is -0.494 e. The molecule has 0 saturated heterocycles. The summed E-state index contributed by atoms with van der Waals surface area (Å²) in [6, 6.07) is 21.9. The summed E-state index contributed by atoms with van der Waals surface area (Å²) in [5, 5.41) is 6.40. The molecule has 1 saturated carbocycles. The Labute approximate surface area is 192 Å². The summed E-state index contributed by atoms with van der Waals surface area (Å²) < 4.78 is 5.47. The first-order chi connectivity index (χ1) is 15.5. The molecule has 0 spiro atoms. The highest BCUT2D eigenvalue weighted by Crippen LogP contribution is 2.42. The lowest BCUT2D eigenvalue weighted by Crippen LogP contribution is -2.37. The Morgan fingerprint density at radius 1 is 0.906 bits per heavy atom. The summed E-state index contributed by atoms with van der Waals surface area (Å²) in [7, 11) is 1.53. The lowest BCUT2D eigenvalue weighted by molar-refractivity contribution is -0.121. The van der Waals surface area contributed by atoms with Crippen LogP contribution in [0, 0.1) is 0 Å². The second-order valence-corrected chi connectivity index (χ2v) is 8.43. The third kappa shape index (κ3) is 4.48. The zero-order valence-electron chi connectivity index (χ0n) is 17.9. The number of methoxy groups -OCH3 is 1. The lowest BCUT2D eigenvalue weighted by Gasteiger charge is -2.28. The summed E-state index contributed by atoms with van der Waals surface area (Å²) >= 11 is 5.98. The molecule has 2 N–H and O–H groups in total. The van der Waals surface area contributed by atoms with Gasteiger partial charge in [-0.1, -0.05) is 60.8 Å². The number of carbonyl (C=O) groups excluding carboxylic acids is 2. The highest BCUT2D eigenvalue weighted by Gasteiger charge is 2.42. The first kappa shape index (κ1) is 21.9. The summed E-state index contributed by atoms with van der Waals surface area (Å²) in [6.45, 7) is 0. The number of ether oxygens (including phenoxy) is 1. The van der Waals surface area contributed by atoms with Gasteiger partial charge in [0.25, 0.3) is 5.91 Å². The molecule has 0 unspecified atom stereocenters. The molecule has 32 heavy (non-hydrogen) atoms. The van der Waals surface area contributed by atoms with E-state index in [1.54, 1.807) is 42.5 Å². The Kier molecular flexibility index (Phi) is 6.47. The number of amides is 2. The van der Waals surface area contributed by atoms with Crippen LogP contribution in [0.1, 0.15) is 41.6 Å². The van der Waals surface area contributed by atoms with E-state index in [-0.39, 0.29) is 11.8 Å². The van der Waals surface area contributed by atoms with Crippen molar-refractivity contribution in [2.75, 3.05) is 17.7 Å². The highest BCUT2D eigenvalue weighted by molar-refractivity contribution is 6.31. The number of nitrogens with one attached hydrogen (secondary N) is 2. The predicted molar refractivity (Wildman–Crippen MR) is 128 cm³/mol. The SMILES string of the molecule is COc1cc(NC(=O)C2(c3ccccc3)CCCC2)ccc1NC(=O)c1cccc(Cl)c1. The molecule has 2 amide bonds. The third-order valence-corrected chi connectivity index (χ3v) is 6.25. The fraction of sp³-hybridized carbons (Fsp3) is 0.231. The Morgan fingerprint density at radius 2 is 1.66 bits per heavy atom. The molecule has 1 aliphatic rings. The topological polar surface area (TPSA) is 67.4 Å². The van der Waals surface area contributed by atoms with Crippen molar-refractivity contribution in [2.24, 2.45) is 0 Å². The Balaban J connectivity index is 1.54. The average Bonchev–Trinajstić information content (AvgIpc) is 3.32. The van der Waals surface area contributed by atoms with Gasteiger partial charge in [-0.15, -0.1) is 0 Å². The van der Waals surface area contributed by atoms with Crippen molar-refractivity contribution in [2.45, 2.75) is 31.1 Å². The molecule has 3 aromatic rings. The van der Waals surface area contributed by atoms with Gasteiger partial charge in [-0.2, -0.15) is 0 Å². The van der Waals surface area contributed by atoms with E-state index < -0.39 is 5.41 Å². The molecule has 6 heteroatoms. The number of halogens is 1. The van der Waals surface area contributed by atoms with E-state index in [0.29, 0.717) is 27.7 Å². The minimum atomic E-state index is -0.520. The van der Waals surface area contributed by atoms with Crippen molar-refractivity contribution in [1.29, 1.82) is 0 Å². The molecule has 164 valence electrons. The molecule has 3 aromatic carbocycles. The Bertz CT molecular complexity index is 1120. The van der Waals surface area contributed by atoms with Crippen molar-refractivity contribution in [3.8, 4) is 5.75 Å². The first-order valence-corrected chi connectivity index (χ1v) is 11.0. The number of rotatable bonds is 6. The van der Waals surface area contributed by atoms with Crippen molar-refractivity contribution < 1.29 is 14.3 Å². The average molecular weight is 449 g/mol. The zero-order valence-corrected chi connectivity index (χ0v) is 18.6. The van der Waals surface area contributed by atoms with Crippen LogP contribution >= 0.6 is 11.6 Å². The number of hydrogen-bond acceptors (Lipinski definition) is 3. The quantitative estimate of drug-likeness (QED) is 0.482. The van der Waals surface area contributed by atoms with Gasteiger partial charge in [0.15, 0.2) is 0 Å². The second-order valence-electron chi connectivity index (χ2n) is 7.99. The van der Waals surface area contributed by atoms with Crippen LogP contribution in [-0.2, 0) is 10.2 Å². The van der Waals surface area contributed by atoms with Crippen molar-refractivity contribution in [3.05, 3.63) is 88.9 Å². The maximum atomic E-state index is 13.4. The first-order valence-electron chi connectivity index (χ1n) is 10.6. The smallest absolute Gasteiger partial charge is 0.255 e. The monoisotopic (exact) mass is 448 g/mol. The Morgan fingerprint density at radius 3 is 2.34 bits per heavy atom. The summed E-state index contributed by atoms with van der Waals surface area (Å²) in [6.07, 6.45) is 3.71. The van der Waals surface area contributed by atoms with Crippen LogP contribution in [0.5, 0.6) is 5.75 Å². The van der Waals surface area contributed by atoms with Gasteiger partial charge in [-0.05, 0) is 48.7 Å². The molecule has 0 radical (unpaired) electrons. The van der Waals surface area contributed by atoms with E-state index in [1.807, 2.05) is 30.3 Å². The lowest BCUT2D eigenvalue weighted by atomic mass is 9.78. The number of benzene rings is 3. The molecule has 5 nitrogen and oxygen atoms in total. The number of carbonyl (C=O) groups is 2. The van der Waals surface area contributed by atoms with Gasteiger partial charge in [0.05, 0.1) is 18.2 Å². The molecule has 0 aromatic heterocycles. The van der Waals surface area contributed by atoms with Gasteiger partial charge < -0.3 is 15.4 Å². The van der Waals surface area contributed by atoms with Gasteiger partial charge in [-0.25, -0.2) is 0 Å². The van der Waals surface area contributed by atoms with E-state index in [2.05, 4.69) is 10.6 Å². The third-order valence-electron chi connectivity index (χ3n) is 6.01. The molecule has 0 bridgehead atoms.